The second-order valence-electron chi connectivity index (χ2n) is 6.46. The van der Waals surface area contributed by atoms with Gasteiger partial charge in [0.05, 0.1) is 18.1 Å². The highest BCUT2D eigenvalue weighted by atomic mass is 32.2. The SMILES string of the molecule is C=C(/C=C\C(=C)OC)Nc1ncc(C)c(-c2cc(CNS(C)=O)c(CCC)o2)n1. The summed E-state index contributed by atoms with van der Waals surface area (Å²) in [6.07, 6.45) is 8.52. The first-order chi connectivity index (χ1) is 13.8. The number of furan rings is 1. The Kier molecular flexibility index (Phi) is 8.35. The molecule has 1 unspecified atom stereocenters. The fourth-order valence-electron chi connectivity index (χ4n) is 2.55. The minimum atomic E-state index is -1.09. The number of aromatic nitrogens is 2. The van der Waals surface area contributed by atoms with Crippen LogP contribution in [0.25, 0.3) is 11.5 Å². The number of nitrogens with one attached hydrogen (secondary N) is 2. The molecule has 0 amide bonds. The van der Waals surface area contributed by atoms with E-state index >= 15 is 0 Å². The van der Waals surface area contributed by atoms with Crippen molar-refractivity contribution in [3.63, 3.8) is 0 Å². The minimum Gasteiger partial charge on any atom is -0.497 e. The molecule has 8 heteroatoms. The molecule has 2 rings (SSSR count). The smallest absolute Gasteiger partial charge is 0.227 e. The van der Waals surface area contributed by atoms with Gasteiger partial charge in [-0.3, -0.25) is 0 Å². The number of ether oxygens (including phenoxy) is 1. The first-order valence-electron chi connectivity index (χ1n) is 9.23. The number of hydrogen-bond acceptors (Lipinski definition) is 6. The summed E-state index contributed by atoms with van der Waals surface area (Å²) in [4.78, 5) is 8.91. The summed E-state index contributed by atoms with van der Waals surface area (Å²) >= 11 is 0. The molecule has 2 aromatic heterocycles. The molecule has 156 valence electrons. The Morgan fingerprint density at radius 2 is 2.14 bits per heavy atom. The van der Waals surface area contributed by atoms with Gasteiger partial charge in [0.1, 0.15) is 17.2 Å². The van der Waals surface area contributed by atoms with Crippen molar-refractivity contribution in [1.82, 2.24) is 14.7 Å². The van der Waals surface area contributed by atoms with Crippen molar-refractivity contribution in [2.24, 2.45) is 0 Å². The first kappa shape index (κ1) is 22.6. The fraction of sp³-hybridized carbons (Fsp3) is 0.333. The summed E-state index contributed by atoms with van der Waals surface area (Å²) in [5.74, 6) is 2.46. The van der Waals surface area contributed by atoms with Crippen LogP contribution in [-0.4, -0.2) is 27.5 Å². The summed E-state index contributed by atoms with van der Waals surface area (Å²) in [7, 11) is 0.459. The van der Waals surface area contributed by atoms with Crippen LogP contribution in [0.1, 0.15) is 30.2 Å². The number of methoxy groups -OCH3 is 1. The van der Waals surface area contributed by atoms with E-state index in [4.69, 9.17) is 9.15 Å². The van der Waals surface area contributed by atoms with Crippen molar-refractivity contribution < 1.29 is 13.4 Å². The van der Waals surface area contributed by atoms with E-state index in [0.29, 0.717) is 35.4 Å². The Morgan fingerprint density at radius 1 is 1.38 bits per heavy atom. The van der Waals surface area contributed by atoms with E-state index in [1.54, 1.807) is 31.7 Å². The molecule has 0 fully saturated rings. The average Bonchev–Trinajstić information content (AvgIpc) is 3.08. The van der Waals surface area contributed by atoms with Crippen LogP contribution < -0.4 is 10.0 Å². The van der Waals surface area contributed by atoms with Crippen LogP contribution in [-0.2, 0) is 28.7 Å². The number of anilines is 1. The number of allylic oxidation sites excluding steroid dienone is 2. The van der Waals surface area contributed by atoms with Crippen molar-refractivity contribution in [1.29, 1.82) is 0 Å². The highest BCUT2D eigenvalue weighted by Gasteiger charge is 2.16. The van der Waals surface area contributed by atoms with Crippen molar-refractivity contribution in [3.8, 4) is 11.5 Å². The number of nitrogens with zero attached hydrogens (tertiary/aromatic N) is 2. The van der Waals surface area contributed by atoms with E-state index in [1.807, 2.05) is 13.0 Å². The lowest BCUT2D eigenvalue weighted by Gasteiger charge is -2.07. The van der Waals surface area contributed by atoms with Gasteiger partial charge >= 0.3 is 0 Å². The van der Waals surface area contributed by atoms with E-state index < -0.39 is 11.0 Å². The predicted octanol–water partition coefficient (Wildman–Crippen LogP) is 4.02. The van der Waals surface area contributed by atoms with Crippen LogP contribution in [0.5, 0.6) is 0 Å². The molecule has 0 aliphatic carbocycles. The van der Waals surface area contributed by atoms with Gasteiger partial charge in [0, 0.05) is 36.7 Å². The molecule has 0 bridgehead atoms. The second kappa shape index (κ2) is 10.7. The Hall–Kier alpha value is -2.71. The zero-order valence-corrected chi connectivity index (χ0v) is 18.2. The number of hydrogen-bond donors (Lipinski definition) is 2. The topological polar surface area (TPSA) is 89.3 Å². The van der Waals surface area contributed by atoms with E-state index in [0.717, 1.165) is 29.7 Å². The van der Waals surface area contributed by atoms with Gasteiger partial charge in [-0.25, -0.2) is 18.9 Å². The first-order valence-corrected chi connectivity index (χ1v) is 10.8. The van der Waals surface area contributed by atoms with Crippen molar-refractivity contribution in [2.75, 3.05) is 18.7 Å². The van der Waals surface area contributed by atoms with E-state index in [1.165, 1.54) is 0 Å². The van der Waals surface area contributed by atoms with Crippen LogP contribution in [0.3, 0.4) is 0 Å². The van der Waals surface area contributed by atoms with Gasteiger partial charge in [-0.2, -0.15) is 0 Å². The fourth-order valence-corrected chi connectivity index (χ4v) is 2.91. The normalized spacial score (nSPS) is 12.1. The maximum absolute atomic E-state index is 11.4. The quantitative estimate of drug-likeness (QED) is 0.425. The van der Waals surface area contributed by atoms with E-state index in [-0.39, 0.29) is 0 Å². The van der Waals surface area contributed by atoms with Crippen LogP contribution in [0.15, 0.2) is 53.4 Å². The largest absolute Gasteiger partial charge is 0.497 e. The molecule has 0 saturated carbocycles. The van der Waals surface area contributed by atoms with Gasteiger partial charge in [-0.05, 0) is 37.1 Å². The van der Waals surface area contributed by atoms with Crippen LogP contribution in [0, 0.1) is 6.92 Å². The highest BCUT2D eigenvalue weighted by molar-refractivity contribution is 7.82. The van der Waals surface area contributed by atoms with Crippen molar-refractivity contribution in [3.05, 3.63) is 65.9 Å². The molecule has 0 radical (unpaired) electrons. The molecule has 7 nitrogen and oxygen atoms in total. The predicted molar refractivity (Wildman–Crippen MR) is 117 cm³/mol. The molecule has 0 aliphatic heterocycles. The lowest BCUT2D eigenvalue weighted by Crippen LogP contribution is -2.15. The molecule has 2 aromatic rings. The molecular weight excluding hydrogens is 388 g/mol. The summed E-state index contributed by atoms with van der Waals surface area (Å²) in [6.45, 7) is 12.1. The molecular formula is C21H28N4O3S. The molecule has 0 spiro atoms. The summed E-state index contributed by atoms with van der Waals surface area (Å²) < 4.78 is 25.4. The molecule has 0 saturated heterocycles. The van der Waals surface area contributed by atoms with Crippen molar-refractivity contribution >= 4 is 16.9 Å². The van der Waals surface area contributed by atoms with Gasteiger partial charge < -0.3 is 14.5 Å². The summed E-state index contributed by atoms with van der Waals surface area (Å²) in [5, 5.41) is 3.05. The Bertz CT molecular complexity index is 934. The molecule has 2 heterocycles. The molecule has 0 aliphatic rings. The summed E-state index contributed by atoms with van der Waals surface area (Å²) in [6, 6.07) is 1.95. The zero-order valence-electron chi connectivity index (χ0n) is 17.4. The Labute approximate surface area is 174 Å². The summed E-state index contributed by atoms with van der Waals surface area (Å²) in [5.41, 5.74) is 3.16. The van der Waals surface area contributed by atoms with Crippen LogP contribution in [0.2, 0.25) is 0 Å². The standard InChI is InChI=1S/C21H28N4O3S/c1-7-8-18-17(13-23-29(6)26)11-19(28-18)20-14(2)12-22-21(25-20)24-15(3)9-10-16(4)27-5/h9-12,23H,3-4,7-8,13H2,1-2,5-6H3,(H,22,24,25)/b10-9-. The minimum absolute atomic E-state index is 0.408. The molecule has 2 N–H and O–H groups in total. The number of aryl methyl sites for hydroxylation is 2. The van der Waals surface area contributed by atoms with Gasteiger partial charge in [0.2, 0.25) is 5.95 Å². The van der Waals surface area contributed by atoms with E-state index in [9.17, 15) is 4.21 Å². The molecule has 29 heavy (non-hydrogen) atoms. The number of rotatable bonds is 11. The average molecular weight is 417 g/mol. The van der Waals surface area contributed by atoms with Gasteiger partial charge in [0.15, 0.2) is 5.76 Å². The Morgan fingerprint density at radius 3 is 2.79 bits per heavy atom. The maximum Gasteiger partial charge on any atom is 0.227 e. The van der Waals surface area contributed by atoms with Crippen LogP contribution in [0.4, 0.5) is 5.95 Å². The lowest BCUT2D eigenvalue weighted by molar-refractivity contribution is 0.309. The molecule has 1 atom stereocenters. The van der Waals surface area contributed by atoms with Gasteiger partial charge in [0.25, 0.3) is 0 Å². The van der Waals surface area contributed by atoms with E-state index in [2.05, 4.69) is 40.1 Å². The highest BCUT2D eigenvalue weighted by Crippen LogP contribution is 2.28. The van der Waals surface area contributed by atoms with Crippen molar-refractivity contribution in [2.45, 2.75) is 33.2 Å². The third-order valence-corrected chi connectivity index (χ3v) is 4.60. The Balaban J connectivity index is 2.27. The second-order valence-corrected chi connectivity index (χ2v) is 7.66. The lowest BCUT2D eigenvalue weighted by atomic mass is 10.1. The maximum atomic E-state index is 11.4. The molecule has 0 aromatic carbocycles. The zero-order chi connectivity index (χ0) is 21.4. The third kappa shape index (κ3) is 6.69. The van der Waals surface area contributed by atoms with Gasteiger partial charge in [-0.15, -0.1) is 0 Å². The monoisotopic (exact) mass is 416 g/mol. The third-order valence-electron chi connectivity index (χ3n) is 4.05. The van der Waals surface area contributed by atoms with Gasteiger partial charge in [-0.1, -0.05) is 20.1 Å². The van der Waals surface area contributed by atoms with Crippen LogP contribution >= 0.6 is 0 Å².